The van der Waals surface area contributed by atoms with E-state index in [9.17, 15) is 4.79 Å². The summed E-state index contributed by atoms with van der Waals surface area (Å²) in [4.78, 5) is 12.5. The molecule has 0 bridgehead atoms. The van der Waals surface area contributed by atoms with Gasteiger partial charge in [-0.25, -0.2) is 5.43 Å². The van der Waals surface area contributed by atoms with Gasteiger partial charge in [0.1, 0.15) is 11.5 Å². The van der Waals surface area contributed by atoms with E-state index in [1.807, 2.05) is 0 Å². The summed E-state index contributed by atoms with van der Waals surface area (Å²) in [6.07, 6.45) is 5.66. The van der Waals surface area contributed by atoms with Crippen LogP contribution in [0.25, 0.3) is 0 Å². The van der Waals surface area contributed by atoms with Crippen molar-refractivity contribution in [2.45, 2.75) is 53.4 Å². The molecule has 0 spiro atoms. The summed E-state index contributed by atoms with van der Waals surface area (Å²) in [7, 11) is 0. The number of nitrogens with zero attached hydrogens (tertiary/aromatic N) is 2. The summed E-state index contributed by atoms with van der Waals surface area (Å²) >= 11 is 0. The van der Waals surface area contributed by atoms with Crippen LogP contribution < -0.4 is 5.43 Å². The molecule has 0 saturated carbocycles. The zero-order valence-corrected chi connectivity index (χ0v) is 15.3. The minimum Gasteiger partial charge on any atom is -0.463 e. The van der Waals surface area contributed by atoms with Crippen LogP contribution in [0.5, 0.6) is 0 Å². The van der Waals surface area contributed by atoms with Crippen molar-refractivity contribution in [3.05, 3.63) is 41.1 Å². The summed E-state index contributed by atoms with van der Waals surface area (Å²) in [5.41, 5.74) is 6.06. The Hall–Kier alpha value is -2.37. The topological polar surface area (TPSA) is 83.3 Å². The van der Waals surface area contributed by atoms with Gasteiger partial charge in [-0.3, -0.25) is 9.89 Å². The van der Waals surface area contributed by atoms with E-state index in [2.05, 4.69) is 41.5 Å². The van der Waals surface area contributed by atoms with Crippen molar-refractivity contribution in [3.8, 4) is 0 Å². The van der Waals surface area contributed by atoms with E-state index < -0.39 is 0 Å². The molecule has 2 N–H and O–H groups in total. The molecule has 6 heteroatoms. The second-order valence-corrected chi connectivity index (χ2v) is 7.43. The number of fused-ring (bicyclic) bond motifs is 1. The maximum Gasteiger partial charge on any atom is 0.292 e. The summed E-state index contributed by atoms with van der Waals surface area (Å²) < 4.78 is 5.27. The van der Waals surface area contributed by atoms with Crippen LogP contribution >= 0.6 is 0 Å². The highest BCUT2D eigenvalue weighted by molar-refractivity contribution is 5.99. The average molecular weight is 342 g/mol. The van der Waals surface area contributed by atoms with Crippen molar-refractivity contribution >= 4 is 11.6 Å². The van der Waals surface area contributed by atoms with Gasteiger partial charge in [-0.05, 0) is 49.7 Å². The molecule has 6 nitrogen and oxygen atoms in total. The number of aryl methyl sites for hydroxylation is 1. The fourth-order valence-electron chi connectivity index (χ4n) is 3.37. The first-order chi connectivity index (χ1) is 11.9. The molecule has 2 heterocycles. The molecule has 0 aromatic carbocycles. The fourth-order valence-corrected chi connectivity index (χ4v) is 3.37. The monoisotopic (exact) mass is 342 g/mol. The third kappa shape index (κ3) is 3.52. The fraction of sp³-hybridized carbons (Fsp3) is 0.526. The van der Waals surface area contributed by atoms with Gasteiger partial charge in [0, 0.05) is 11.3 Å². The Bertz CT molecular complexity index is 771. The second kappa shape index (κ2) is 6.86. The van der Waals surface area contributed by atoms with E-state index in [-0.39, 0.29) is 11.3 Å². The SMILES string of the molecule is CCC(C)(C)C1CCc2[nH]nc(C(=O)NN=C(C)c3ccco3)c2C1. The molecule has 25 heavy (non-hydrogen) atoms. The Morgan fingerprint density at radius 3 is 3.00 bits per heavy atom. The number of H-pyrrole nitrogens is 1. The van der Waals surface area contributed by atoms with Crippen LogP contribution in [0.4, 0.5) is 0 Å². The Balaban J connectivity index is 1.75. The molecule has 1 aliphatic carbocycles. The van der Waals surface area contributed by atoms with E-state index >= 15 is 0 Å². The number of nitrogens with one attached hydrogen (secondary N) is 2. The number of aromatic nitrogens is 2. The zero-order valence-electron chi connectivity index (χ0n) is 15.3. The van der Waals surface area contributed by atoms with Crippen molar-refractivity contribution in [3.63, 3.8) is 0 Å². The van der Waals surface area contributed by atoms with E-state index in [0.717, 1.165) is 36.9 Å². The minimum absolute atomic E-state index is 0.261. The van der Waals surface area contributed by atoms with Crippen molar-refractivity contribution in [1.29, 1.82) is 0 Å². The van der Waals surface area contributed by atoms with Gasteiger partial charge in [-0.1, -0.05) is 27.2 Å². The number of hydrazone groups is 1. The number of carbonyl (C=O) groups excluding carboxylic acids is 1. The van der Waals surface area contributed by atoms with Crippen LogP contribution in [0.1, 0.15) is 68.0 Å². The normalized spacial score (nSPS) is 18.1. The highest BCUT2D eigenvalue weighted by Gasteiger charge is 2.34. The summed E-state index contributed by atoms with van der Waals surface area (Å²) in [6, 6.07) is 3.59. The number of carbonyl (C=O) groups is 1. The number of hydrogen-bond acceptors (Lipinski definition) is 4. The Labute approximate surface area is 148 Å². The lowest BCUT2D eigenvalue weighted by Gasteiger charge is -2.36. The van der Waals surface area contributed by atoms with E-state index in [1.54, 1.807) is 25.3 Å². The standard InChI is InChI=1S/C19H26N4O2/c1-5-19(3,4)13-8-9-15-14(11-13)17(22-21-15)18(24)23-20-12(2)16-7-6-10-25-16/h6-7,10,13H,5,8-9,11H2,1-4H3,(H,21,22)(H,23,24). The van der Waals surface area contributed by atoms with E-state index in [0.29, 0.717) is 23.1 Å². The molecular weight excluding hydrogens is 316 g/mol. The van der Waals surface area contributed by atoms with Gasteiger partial charge in [0.05, 0.1) is 6.26 Å². The summed E-state index contributed by atoms with van der Waals surface area (Å²) in [6.45, 7) is 8.63. The van der Waals surface area contributed by atoms with Gasteiger partial charge >= 0.3 is 0 Å². The lowest BCUT2D eigenvalue weighted by molar-refractivity contribution is 0.0947. The molecule has 1 aliphatic rings. The van der Waals surface area contributed by atoms with Crippen molar-refractivity contribution in [2.75, 3.05) is 0 Å². The Morgan fingerprint density at radius 2 is 2.32 bits per heavy atom. The third-order valence-corrected chi connectivity index (χ3v) is 5.58. The molecule has 1 atom stereocenters. The molecule has 134 valence electrons. The molecule has 3 rings (SSSR count). The Morgan fingerprint density at radius 1 is 1.52 bits per heavy atom. The smallest absolute Gasteiger partial charge is 0.292 e. The highest BCUT2D eigenvalue weighted by atomic mass is 16.3. The molecule has 1 unspecified atom stereocenters. The van der Waals surface area contributed by atoms with Gasteiger partial charge < -0.3 is 4.42 Å². The third-order valence-electron chi connectivity index (χ3n) is 5.58. The lowest BCUT2D eigenvalue weighted by Crippen LogP contribution is -2.30. The molecule has 0 fully saturated rings. The second-order valence-electron chi connectivity index (χ2n) is 7.43. The molecule has 2 aromatic heterocycles. The Kier molecular flexibility index (Phi) is 4.79. The first-order valence-electron chi connectivity index (χ1n) is 8.87. The first-order valence-corrected chi connectivity index (χ1v) is 8.87. The van der Waals surface area contributed by atoms with Gasteiger partial charge in [0.15, 0.2) is 5.69 Å². The summed E-state index contributed by atoms with van der Waals surface area (Å²) in [5, 5.41) is 11.4. The van der Waals surface area contributed by atoms with Crippen LogP contribution in [0.15, 0.2) is 27.9 Å². The number of hydrogen-bond donors (Lipinski definition) is 2. The largest absolute Gasteiger partial charge is 0.463 e. The molecule has 1 amide bonds. The molecule has 2 aromatic rings. The van der Waals surface area contributed by atoms with Crippen molar-refractivity contribution < 1.29 is 9.21 Å². The van der Waals surface area contributed by atoms with E-state index in [1.165, 1.54) is 0 Å². The van der Waals surface area contributed by atoms with Crippen LogP contribution in [-0.2, 0) is 12.8 Å². The van der Waals surface area contributed by atoms with Gasteiger partial charge in [0.2, 0.25) is 0 Å². The molecule has 0 saturated heterocycles. The van der Waals surface area contributed by atoms with Crippen LogP contribution in [-0.4, -0.2) is 21.8 Å². The number of aromatic amines is 1. The number of amides is 1. The number of furan rings is 1. The first kappa shape index (κ1) is 17.5. The van der Waals surface area contributed by atoms with Gasteiger partial charge in [-0.15, -0.1) is 0 Å². The van der Waals surface area contributed by atoms with Gasteiger partial charge in [-0.2, -0.15) is 10.2 Å². The lowest BCUT2D eigenvalue weighted by atomic mass is 9.69. The van der Waals surface area contributed by atoms with Gasteiger partial charge in [0.25, 0.3) is 5.91 Å². The average Bonchev–Trinajstić information content (AvgIpc) is 3.28. The molecule has 0 radical (unpaired) electrons. The molecule has 0 aliphatic heterocycles. The maximum absolute atomic E-state index is 12.5. The minimum atomic E-state index is -0.279. The predicted octanol–water partition coefficient (Wildman–Crippen LogP) is 3.70. The quantitative estimate of drug-likeness (QED) is 0.642. The van der Waals surface area contributed by atoms with Crippen LogP contribution in [0.2, 0.25) is 0 Å². The van der Waals surface area contributed by atoms with Crippen molar-refractivity contribution in [1.82, 2.24) is 15.6 Å². The summed E-state index contributed by atoms with van der Waals surface area (Å²) in [5.74, 6) is 0.912. The molecular formula is C19H26N4O2. The predicted molar refractivity (Wildman–Crippen MR) is 96.6 cm³/mol. The van der Waals surface area contributed by atoms with Crippen LogP contribution in [0.3, 0.4) is 0 Å². The van der Waals surface area contributed by atoms with Crippen molar-refractivity contribution in [2.24, 2.45) is 16.4 Å². The highest BCUT2D eigenvalue weighted by Crippen LogP contribution is 2.40. The van der Waals surface area contributed by atoms with Crippen LogP contribution in [0, 0.1) is 11.3 Å². The zero-order chi connectivity index (χ0) is 18.0. The maximum atomic E-state index is 12.5. The number of rotatable bonds is 5. The van der Waals surface area contributed by atoms with E-state index in [4.69, 9.17) is 4.42 Å².